The van der Waals surface area contributed by atoms with Crippen molar-refractivity contribution in [1.82, 2.24) is 0 Å². The number of rotatable bonds is 6. The summed E-state index contributed by atoms with van der Waals surface area (Å²) in [6, 6.07) is 3.52. The van der Waals surface area contributed by atoms with E-state index in [1.165, 1.54) is 26.0 Å². The van der Waals surface area contributed by atoms with Gasteiger partial charge in [-0.05, 0) is 19.1 Å². The van der Waals surface area contributed by atoms with Crippen molar-refractivity contribution in [2.24, 2.45) is 4.99 Å². The molecule has 0 fully saturated rings. The molecule has 22 heavy (non-hydrogen) atoms. The summed E-state index contributed by atoms with van der Waals surface area (Å²) in [6.07, 6.45) is 1.61. The maximum absolute atomic E-state index is 12.5. The number of hydrogen-bond acceptors (Lipinski definition) is 7. The van der Waals surface area contributed by atoms with E-state index in [4.69, 9.17) is 18.9 Å². The largest absolute Gasteiger partial charge is 0.493 e. The fourth-order valence-electron chi connectivity index (χ4n) is 2.34. The minimum absolute atomic E-state index is 0.296. The van der Waals surface area contributed by atoms with Crippen LogP contribution in [0.5, 0.6) is 17.2 Å². The molecule has 0 bridgehead atoms. The molecule has 0 aromatic heterocycles. The van der Waals surface area contributed by atoms with Crippen LogP contribution >= 0.6 is 11.8 Å². The summed E-state index contributed by atoms with van der Waals surface area (Å²) in [5, 5.41) is 0. The Balaban J connectivity index is 2.63. The van der Waals surface area contributed by atoms with Crippen LogP contribution < -0.4 is 14.2 Å². The highest BCUT2D eigenvalue weighted by Gasteiger charge is 2.46. The van der Waals surface area contributed by atoms with Crippen molar-refractivity contribution < 1.29 is 23.7 Å². The molecule has 1 heterocycles. The lowest BCUT2D eigenvalue weighted by Crippen LogP contribution is -2.34. The normalized spacial score (nSPS) is 19.8. The number of carbonyl (C=O) groups is 1. The van der Waals surface area contributed by atoms with Crippen molar-refractivity contribution in [3.63, 3.8) is 0 Å². The van der Waals surface area contributed by atoms with E-state index in [9.17, 15) is 4.79 Å². The molecule has 0 amide bonds. The number of aliphatic imine (C=N–C) groups is 1. The van der Waals surface area contributed by atoms with E-state index in [2.05, 4.69) is 4.99 Å². The second-order valence-electron chi connectivity index (χ2n) is 4.42. The van der Waals surface area contributed by atoms with E-state index in [1.54, 1.807) is 32.4 Å². The van der Waals surface area contributed by atoms with Crippen molar-refractivity contribution in [1.29, 1.82) is 0 Å². The molecule has 1 aliphatic rings. The third kappa shape index (κ3) is 2.61. The Labute approximate surface area is 133 Å². The predicted molar refractivity (Wildman–Crippen MR) is 85.4 cm³/mol. The van der Waals surface area contributed by atoms with E-state index in [0.717, 1.165) is 0 Å². The average molecular weight is 325 g/mol. The monoisotopic (exact) mass is 325 g/mol. The van der Waals surface area contributed by atoms with Gasteiger partial charge in [0.05, 0.1) is 33.8 Å². The number of ether oxygens (including phenoxy) is 4. The Hall–Kier alpha value is -1.89. The quantitative estimate of drug-likeness (QED) is 0.747. The van der Waals surface area contributed by atoms with Crippen LogP contribution in [0.4, 0.5) is 0 Å². The van der Waals surface area contributed by atoms with Gasteiger partial charge in [0.2, 0.25) is 5.75 Å². The van der Waals surface area contributed by atoms with Gasteiger partial charge in [0, 0.05) is 11.8 Å². The van der Waals surface area contributed by atoms with Gasteiger partial charge in [0.1, 0.15) is 0 Å². The summed E-state index contributed by atoms with van der Waals surface area (Å²) in [5.74, 6) is 1.52. The van der Waals surface area contributed by atoms with Gasteiger partial charge in [0.15, 0.2) is 16.2 Å². The van der Waals surface area contributed by atoms with Gasteiger partial charge in [-0.15, -0.1) is 11.8 Å². The third-order valence-electron chi connectivity index (χ3n) is 3.32. The van der Waals surface area contributed by atoms with Crippen LogP contribution in [0, 0.1) is 0 Å². The molecule has 1 aliphatic heterocycles. The summed E-state index contributed by atoms with van der Waals surface area (Å²) in [7, 11) is 4.59. The van der Waals surface area contributed by atoms with Crippen molar-refractivity contribution in [2.75, 3.05) is 33.8 Å². The number of thioether (sulfide) groups is 1. The Kier molecular flexibility index (Phi) is 5.18. The van der Waals surface area contributed by atoms with E-state index in [0.29, 0.717) is 35.3 Å². The number of methoxy groups -OCH3 is 3. The Morgan fingerprint density at radius 3 is 2.45 bits per heavy atom. The van der Waals surface area contributed by atoms with Crippen molar-refractivity contribution in [3.05, 3.63) is 17.7 Å². The molecule has 6 nitrogen and oxygen atoms in total. The molecular weight excluding hydrogens is 306 g/mol. The summed E-state index contributed by atoms with van der Waals surface area (Å²) in [6.45, 7) is 2.07. The second kappa shape index (κ2) is 6.91. The smallest absolute Gasteiger partial charge is 0.332 e. The predicted octanol–water partition coefficient (Wildman–Crippen LogP) is 2.25. The summed E-state index contributed by atoms with van der Waals surface area (Å²) >= 11 is 1.38. The summed E-state index contributed by atoms with van der Waals surface area (Å²) in [4.78, 5) is 16.7. The Morgan fingerprint density at radius 2 is 1.95 bits per heavy atom. The molecule has 1 aromatic carbocycles. The lowest BCUT2D eigenvalue weighted by molar-refractivity contribution is -0.144. The number of hydrogen-bond donors (Lipinski definition) is 0. The average Bonchev–Trinajstić information content (AvgIpc) is 3.04. The van der Waals surface area contributed by atoms with Gasteiger partial charge < -0.3 is 18.9 Å². The van der Waals surface area contributed by atoms with Gasteiger partial charge in [-0.2, -0.15) is 0 Å². The van der Waals surface area contributed by atoms with Crippen molar-refractivity contribution in [3.8, 4) is 17.2 Å². The highest BCUT2D eigenvalue weighted by Crippen LogP contribution is 2.49. The van der Waals surface area contributed by atoms with Crippen LogP contribution in [0.3, 0.4) is 0 Å². The molecule has 1 unspecified atom stereocenters. The Bertz CT molecular complexity index is 590. The minimum Gasteiger partial charge on any atom is -0.493 e. The molecule has 0 saturated heterocycles. The zero-order chi connectivity index (χ0) is 16.2. The molecule has 2 rings (SSSR count). The van der Waals surface area contributed by atoms with Gasteiger partial charge in [0.25, 0.3) is 0 Å². The minimum atomic E-state index is -1.03. The molecule has 120 valence electrons. The van der Waals surface area contributed by atoms with Gasteiger partial charge >= 0.3 is 5.97 Å². The summed E-state index contributed by atoms with van der Waals surface area (Å²) in [5.41, 5.74) is 0.636. The molecule has 0 spiro atoms. The van der Waals surface area contributed by atoms with Crippen LogP contribution in [-0.4, -0.2) is 46.0 Å². The number of benzene rings is 1. The molecular formula is C15H19NO5S. The van der Waals surface area contributed by atoms with Gasteiger partial charge in [-0.3, -0.25) is 4.99 Å². The van der Waals surface area contributed by atoms with Crippen molar-refractivity contribution >= 4 is 23.9 Å². The third-order valence-corrected chi connectivity index (χ3v) is 4.55. The highest BCUT2D eigenvalue weighted by molar-refractivity contribution is 8.01. The van der Waals surface area contributed by atoms with Gasteiger partial charge in [-0.1, -0.05) is 0 Å². The van der Waals surface area contributed by atoms with Crippen molar-refractivity contribution in [2.45, 2.75) is 11.7 Å². The van der Waals surface area contributed by atoms with E-state index < -0.39 is 4.75 Å². The fourth-order valence-corrected chi connectivity index (χ4v) is 3.34. The van der Waals surface area contributed by atoms with E-state index in [-0.39, 0.29) is 5.97 Å². The highest BCUT2D eigenvalue weighted by atomic mass is 32.2. The molecule has 1 atom stereocenters. The number of esters is 1. The fraction of sp³-hybridized carbons (Fsp3) is 0.467. The lowest BCUT2D eigenvalue weighted by atomic mass is 9.97. The zero-order valence-corrected chi connectivity index (χ0v) is 13.9. The van der Waals surface area contributed by atoms with E-state index in [1.807, 2.05) is 0 Å². The first-order valence-corrected chi connectivity index (χ1v) is 7.74. The SMILES string of the molecule is CCOC(=O)C1(c2ccc(OC)c(OC)c2OC)C=NCS1. The van der Waals surface area contributed by atoms with Crippen LogP contribution in [0.15, 0.2) is 17.1 Å². The summed E-state index contributed by atoms with van der Waals surface area (Å²) < 4.78 is 20.4. The van der Waals surface area contributed by atoms with Crippen LogP contribution in [0.2, 0.25) is 0 Å². The van der Waals surface area contributed by atoms with Gasteiger partial charge in [-0.25, -0.2) is 4.79 Å². The molecule has 0 saturated carbocycles. The number of nitrogens with zero attached hydrogens (tertiary/aromatic N) is 1. The maximum Gasteiger partial charge on any atom is 0.332 e. The molecule has 0 radical (unpaired) electrons. The first-order chi connectivity index (χ1) is 10.6. The van der Waals surface area contributed by atoms with Crippen LogP contribution in [-0.2, 0) is 14.3 Å². The lowest BCUT2D eigenvalue weighted by Gasteiger charge is -2.26. The topological polar surface area (TPSA) is 66.4 Å². The molecule has 1 aromatic rings. The van der Waals surface area contributed by atoms with Crippen LogP contribution in [0.25, 0.3) is 0 Å². The van der Waals surface area contributed by atoms with E-state index >= 15 is 0 Å². The maximum atomic E-state index is 12.5. The standard InChI is InChI=1S/C15H19NO5S/c1-5-21-14(17)15(8-16-9-22-15)10-6-7-11(18-2)13(20-4)12(10)19-3/h6-8H,5,9H2,1-4H3. The first kappa shape index (κ1) is 16.5. The van der Waals surface area contributed by atoms with Crippen LogP contribution in [0.1, 0.15) is 12.5 Å². The molecule has 0 aliphatic carbocycles. The first-order valence-electron chi connectivity index (χ1n) is 6.76. The molecule has 0 N–H and O–H groups in total. The number of carbonyl (C=O) groups excluding carboxylic acids is 1. The molecule has 7 heteroatoms. The zero-order valence-electron chi connectivity index (χ0n) is 13.0. The second-order valence-corrected chi connectivity index (χ2v) is 5.61. The Morgan fingerprint density at radius 1 is 1.23 bits per heavy atom.